The van der Waals surface area contributed by atoms with Crippen LogP contribution in [0.5, 0.6) is 0 Å². The Hall–Kier alpha value is -1.66. The number of nitrogens with one attached hydrogen (secondary N) is 1. The summed E-state index contributed by atoms with van der Waals surface area (Å²) in [6.07, 6.45) is -0.535. The Balaban J connectivity index is 1.95. The molecule has 0 radical (unpaired) electrons. The molecule has 1 aliphatic heterocycles. The second-order valence-electron chi connectivity index (χ2n) is 5.03. The van der Waals surface area contributed by atoms with Gasteiger partial charge in [0.05, 0.1) is 16.3 Å². The Kier molecular flexibility index (Phi) is 5.14. The first-order chi connectivity index (χ1) is 9.99. The largest absolute Gasteiger partial charge is 0.382 e. The van der Waals surface area contributed by atoms with Crippen LogP contribution in [-0.2, 0) is 9.63 Å². The summed E-state index contributed by atoms with van der Waals surface area (Å²) < 4.78 is 13.8. The monoisotopic (exact) mass is 313 g/mol. The summed E-state index contributed by atoms with van der Waals surface area (Å²) in [5.74, 6) is -0.735. The normalized spacial score (nSPS) is 17.6. The molecule has 0 fully saturated rings. The van der Waals surface area contributed by atoms with Gasteiger partial charge in [0, 0.05) is 19.5 Å². The number of halogens is 2. The van der Waals surface area contributed by atoms with Crippen molar-refractivity contribution in [3.8, 4) is 0 Å². The number of likely N-dealkylation sites (N-methyl/N-ethyl adjacent to an activating group) is 1. The van der Waals surface area contributed by atoms with Gasteiger partial charge in [-0.2, -0.15) is 0 Å². The molecule has 0 saturated carbocycles. The number of rotatable bonds is 5. The van der Waals surface area contributed by atoms with E-state index in [-0.39, 0.29) is 22.9 Å². The molecule has 1 heterocycles. The molecule has 0 saturated heterocycles. The zero-order valence-corrected chi connectivity index (χ0v) is 12.7. The van der Waals surface area contributed by atoms with Gasteiger partial charge in [-0.15, -0.1) is 0 Å². The summed E-state index contributed by atoms with van der Waals surface area (Å²) in [4.78, 5) is 19.0. The average molecular weight is 314 g/mol. The molecule has 1 amide bonds. The van der Waals surface area contributed by atoms with Crippen molar-refractivity contribution in [1.82, 2.24) is 10.2 Å². The lowest BCUT2D eigenvalue weighted by Crippen LogP contribution is -2.38. The van der Waals surface area contributed by atoms with Crippen LogP contribution in [0, 0.1) is 5.82 Å². The molecule has 2 rings (SSSR count). The topological polar surface area (TPSA) is 53.9 Å². The van der Waals surface area contributed by atoms with Crippen molar-refractivity contribution in [3.63, 3.8) is 0 Å². The van der Waals surface area contributed by atoms with E-state index in [2.05, 4.69) is 10.5 Å². The summed E-state index contributed by atoms with van der Waals surface area (Å²) in [5, 5.41) is 6.80. The average Bonchev–Trinajstić information content (AvgIpc) is 2.87. The Bertz CT molecular complexity index is 543. The second kappa shape index (κ2) is 6.87. The smallest absolute Gasteiger partial charge is 0.264 e. The highest BCUT2D eigenvalue weighted by Gasteiger charge is 2.30. The molecule has 7 heteroatoms. The van der Waals surface area contributed by atoms with Gasteiger partial charge >= 0.3 is 0 Å². The maximum atomic E-state index is 13.8. The minimum Gasteiger partial charge on any atom is -0.382 e. The van der Waals surface area contributed by atoms with E-state index in [0.717, 1.165) is 6.54 Å². The molecule has 0 spiro atoms. The fraction of sp³-hybridized carbons (Fsp3) is 0.429. The Labute approximate surface area is 127 Å². The van der Waals surface area contributed by atoms with E-state index in [9.17, 15) is 9.18 Å². The molecule has 0 bridgehead atoms. The first kappa shape index (κ1) is 15.7. The number of carbonyl (C=O) groups is 1. The molecule has 1 aliphatic rings. The number of oxime groups is 1. The van der Waals surface area contributed by atoms with Gasteiger partial charge in [0.1, 0.15) is 5.82 Å². The van der Waals surface area contributed by atoms with Crippen LogP contribution in [0.4, 0.5) is 4.39 Å². The third-order valence-corrected chi connectivity index (χ3v) is 3.39. The molecule has 21 heavy (non-hydrogen) atoms. The van der Waals surface area contributed by atoms with Crippen LogP contribution >= 0.6 is 11.6 Å². The summed E-state index contributed by atoms with van der Waals surface area (Å²) >= 11 is 5.97. The fourth-order valence-corrected chi connectivity index (χ4v) is 2.23. The lowest BCUT2D eigenvalue weighted by molar-refractivity contribution is -0.131. The number of hydrogen-bond donors (Lipinski definition) is 1. The molecular weight excluding hydrogens is 297 g/mol. The van der Waals surface area contributed by atoms with Gasteiger partial charge in [-0.1, -0.05) is 22.8 Å². The van der Waals surface area contributed by atoms with E-state index >= 15 is 0 Å². The van der Waals surface area contributed by atoms with Gasteiger partial charge in [-0.3, -0.25) is 4.79 Å². The number of amides is 1. The van der Waals surface area contributed by atoms with Crippen LogP contribution in [0.15, 0.2) is 23.4 Å². The molecular formula is C14H17ClFN3O2. The highest BCUT2D eigenvalue weighted by Crippen LogP contribution is 2.25. The highest BCUT2D eigenvalue weighted by molar-refractivity contribution is 6.34. The van der Waals surface area contributed by atoms with Crippen LogP contribution in [0.3, 0.4) is 0 Å². The van der Waals surface area contributed by atoms with E-state index in [1.165, 1.54) is 12.1 Å². The standard InChI is InChI=1S/C14H17ClFN3O2/c1-19(2)7-6-17-14(20)12-8-11(18-21-12)13-9(15)4-3-5-10(13)16/h3-5,12H,6-8H2,1-2H3,(H,17,20)/t12-/m1/s1. The predicted octanol–water partition coefficient (Wildman–Crippen LogP) is 1.65. The number of nitrogens with zero attached hydrogens (tertiary/aromatic N) is 2. The van der Waals surface area contributed by atoms with Gasteiger partial charge in [-0.05, 0) is 26.2 Å². The van der Waals surface area contributed by atoms with Crippen LogP contribution in [-0.4, -0.2) is 49.8 Å². The summed E-state index contributed by atoms with van der Waals surface area (Å²) in [5.41, 5.74) is 0.550. The van der Waals surface area contributed by atoms with Crippen molar-refractivity contribution in [3.05, 3.63) is 34.6 Å². The first-order valence-electron chi connectivity index (χ1n) is 6.58. The SMILES string of the molecule is CN(C)CCNC(=O)[C@H]1CC(c2c(F)cccc2Cl)=NO1. The predicted molar refractivity (Wildman–Crippen MR) is 79.0 cm³/mol. The van der Waals surface area contributed by atoms with Gasteiger partial charge in [-0.25, -0.2) is 4.39 Å². The molecule has 0 aliphatic carbocycles. The Morgan fingerprint density at radius 1 is 1.57 bits per heavy atom. The van der Waals surface area contributed by atoms with Gasteiger partial charge in [0.15, 0.2) is 0 Å². The van der Waals surface area contributed by atoms with Crippen molar-refractivity contribution in [1.29, 1.82) is 0 Å². The molecule has 1 aromatic carbocycles. The molecule has 114 valence electrons. The fourth-order valence-electron chi connectivity index (χ4n) is 1.96. The lowest BCUT2D eigenvalue weighted by atomic mass is 10.0. The Morgan fingerprint density at radius 3 is 3.00 bits per heavy atom. The van der Waals surface area contributed by atoms with Crippen LogP contribution in [0.2, 0.25) is 5.02 Å². The van der Waals surface area contributed by atoms with Gasteiger partial charge in [0.25, 0.3) is 5.91 Å². The zero-order valence-electron chi connectivity index (χ0n) is 11.9. The summed E-state index contributed by atoms with van der Waals surface area (Å²) in [6, 6.07) is 4.39. The van der Waals surface area contributed by atoms with Crippen LogP contribution < -0.4 is 5.32 Å². The van der Waals surface area contributed by atoms with Gasteiger partial charge in [0.2, 0.25) is 6.10 Å². The number of benzene rings is 1. The van der Waals surface area contributed by atoms with Crippen molar-refractivity contribution >= 4 is 23.2 Å². The second-order valence-corrected chi connectivity index (χ2v) is 5.43. The van der Waals surface area contributed by atoms with E-state index in [1.807, 2.05) is 19.0 Å². The molecule has 1 N–H and O–H groups in total. The zero-order chi connectivity index (χ0) is 15.4. The maximum Gasteiger partial charge on any atom is 0.264 e. The first-order valence-corrected chi connectivity index (χ1v) is 6.96. The Morgan fingerprint density at radius 2 is 2.33 bits per heavy atom. The van der Waals surface area contributed by atoms with Gasteiger partial charge < -0.3 is 15.1 Å². The third kappa shape index (κ3) is 3.92. The van der Waals surface area contributed by atoms with Crippen molar-refractivity contribution in [2.24, 2.45) is 5.16 Å². The molecule has 5 nitrogen and oxygen atoms in total. The highest BCUT2D eigenvalue weighted by atomic mass is 35.5. The minimum atomic E-state index is -0.738. The molecule has 0 unspecified atom stereocenters. The van der Waals surface area contributed by atoms with E-state index in [4.69, 9.17) is 16.4 Å². The van der Waals surface area contributed by atoms with Crippen LogP contribution in [0.1, 0.15) is 12.0 Å². The molecule has 1 atom stereocenters. The number of carbonyl (C=O) groups excluding carboxylic acids is 1. The van der Waals surface area contributed by atoms with E-state index in [1.54, 1.807) is 6.07 Å². The minimum absolute atomic E-state index is 0.197. The van der Waals surface area contributed by atoms with Crippen molar-refractivity contribution in [2.45, 2.75) is 12.5 Å². The van der Waals surface area contributed by atoms with Crippen molar-refractivity contribution < 1.29 is 14.0 Å². The third-order valence-electron chi connectivity index (χ3n) is 3.07. The maximum absolute atomic E-state index is 13.8. The van der Waals surface area contributed by atoms with Crippen molar-refractivity contribution in [2.75, 3.05) is 27.2 Å². The van der Waals surface area contributed by atoms with Crippen LogP contribution in [0.25, 0.3) is 0 Å². The molecule has 1 aromatic rings. The quantitative estimate of drug-likeness (QED) is 0.899. The van der Waals surface area contributed by atoms with E-state index in [0.29, 0.717) is 12.3 Å². The summed E-state index contributed by atoms with van der Waals surface area (Å²) in [6.45, 7) is 1.24. The summed E-state index contributed by atoms with van der Waals surface area (Å²) in [7, 11) is 3.83. The van der Waals surface area contributed by atoms with E-state index < -0.39 is 11.9 Å². The lowest BCUT2D eigenvalue weighted by Gasteiger charge is -2.12. The number of hydrogen-bond acceptors (Lipinski definition) is 4. The molecule has 0 aromatic heterocycles.